The summed E-state index contributed by atoms with van der Waals surface area (Å²) < 4.78 is 9.89. The summed E-state index contributed by atoms with van der Waals surface area (Å²) in [6.07, 6.45) is 8.54. The van der Waals surface area contributed by atoms with Gasteiger partial charge in [-0.25, -0.2) is 19.8 Å². The number of rotatable bonds is 7. The molecular weight excluding hydrogens is 600 g/mol. The zero-order chi connectivity index (χ0) is 33.9. The van der Waals surface area contributed by atoms with Crippen molar-refractivity contribution < 1.29 is 33.8 Å². The molecule has 5 heterocycles. The second-order valence-corrected chi connectivity index (χ2v) is 12.0. The highest BCUT2D eigenvalue weighted by Gasteiger charge is 2.62. The first-order valence-corrected chi connectivity index (χ1v) is 15.4. The van der Waals surface area contributed by atoms with E-state index >= 15 is 0 Å². The number of aliphatic hydroxyl groups is 1. The van der Waals surface area contributed by atoms with E-state index in [1.54, 1.807) is 25.2 Å². The summed E-state index contributed by atoms with van der Waals surface area (Å²) in [5, 5.41) is 12.0. The number of hydrogen-bond donors (Lipinski definition) is 1. The molecule has 0 aromatic heterocycles. The number of ether oxygens (including phenoxy) is 2. The second kappa shape index (κ2) is 11.6. The van der Waals surface area contributed by atoms with E-state index in [4.69, 9.17) is 29.4 Å². The predicted octanol–water partition coefficient (Wildman–Crippen LogP) is 4.14. The predicted molar refractivity (Wildman–Crippen MR) is 176 cm³/mol. The van der Waals surface area contributed by atoms with Gasteiger partial charge in [0.05, 0.1) is 65.3 Å². The number of fused-ring (bicyclic) bond motifs is 4. The molecule has 1 saturated carbocycles. The normalized spacial score (nSPS) is 26.2. The first-order valence-electron chi connectivity index (χ1n) is 15.4. The molecule has 47 heavy (non-hydrogen) atoms. The Morgan fingerprint density at radius 1 is 0.979 bits per heavy atom. The second-order valence-electron chi connectivity index (χ2n) is 12.0. The Kier molecular flexibility index (Phi) is 7.83. The lowest BCUT2D eigenvalue weighted by Crippen LogP contribution is -2.46. The van der Waals surface area contributed by atoms with Crippen molar-refractivity contribution in [1.82, 2.24) is 0 Å². The highest BCUT2D eigenvalue weighted by molar-refractivity contribution is 6.46. The van der Waals surface area contributed by atoms with Gasteiger partial charge in [0.15, 0.2) is 6.29 Å². The van der Waals surface area contributed by atoms with Crippen LogP contribution >= 0.6 is 0 Å². The maximum absolute atomic E-state index is 14.1. The Hall–Kier alpha value is -5.16. The summed E-state index contributed by atoms with van der Waals surface area (Å²) in [7, 11) is 2.40. The third-order valence-corrected chi connectivity index (χ3v) is 9.64. The first kappa shape index (κ1) is 31.8. The van der Waals surface area contributed by atoms with Gasteiger partial charge in [-0.2, -0.15) is 0 Å². The Labute approximate surface area is 271 Å². The number of methoxy groups -OCH3 is 2. The van der Waals surface area contributed by atoms with Crippen LogP contribution < -0.4 is 0 Å². The number of aliphatic imine (C=N–C) groups is 4. The van der Waals surface area contributed by atoms with Crippen molar-refractivity contribution in [3.8, 4) is 0 Å². The molecule has 5 aliphatic heterocycles. The minimum absolute atomic E-state index is 0.0338. The zero-order valence-electron chi connectivity index (χ0n) is 27.1. The average Bonchev–Trinajstić information content (AvgIpc) is 3.79. The topological polar surface area (TPSA) is 156 Å². The Morgan fingerprint density at radius 2 is 1.66 bits per heavy atom. The molecule has 0 unspecified atom stereocenters. The number of ketones is 1. The van der Waals surface area contributed by atoms with Gasteiger partial charge in [-0.15, -0.1) is 0 Å². The molecule has 0 saturated heterocycles. The third kappa shape index (κ3) is 4.59. The average molecular weight is 635 g/mol. The standard InChI is InChI=1S/C36H34N4O7/c1-8-19-16(3)23-12-24-17(4)21(10-11-29(42)46-6)32(39-24)31-33-30(34(43)36(31,45)35(44)47-7)18(5)25(40-33)13-27-20(9-2)22(15-41)28(38-27)14-26(19)37-23/h8,12-15,17,21,45H,1,9-11H2,2-7H3/t17-,21-,36-/m0/s1. The Bertz CT molecular complexity index is 1970. The van der Waals surface area contributed by atoms with Gasteiger partial charge in [-0.05, 0) is 61.6 Å². The molecule has 0 radical (unpaired) electrons. The van der Waals surface area contributed by atoms with Crippen LogP contribution in [0.4, 0.5) is 0 Å². The molecular formula is C36H34N4O7. The number of aldehydes is 1. The number of allylic oxidation sites excluding steroid dienone is 10. The number of nitrogens with zero attached hydrogens (tertiary/aromatic N) is 4. The minimum Gasteiger partial charge on any atom is -0.469 e. The van der Waals surface area contributed by atoms with E-state index in [1.165, 1.54) is 7.11 Å². The quantitative estimate of drug-likeness (QED) is 0.251. The summed E-state index contributed by atoms with van der Waals surface area (Å²) in [6, 6.07) is 0. The SMILES string of the molecule is C=CC1=C(C)C2=CC3=NC(=C4C5=NC(=CC6=NC(=CC1=N2)C(C=O)=C6CC)C(C)=C5C(=O)[C@]4(O)C(=O)OC)[C@@H](CCC(=O)OC)[C@@H]3C. The van der Waals surface area contributed by atoms with E-state index in [2.05, 4.69) is 6.58 Å². The Balaban J connectivity index is 1.72. The van der Waals surface area contributed by atoms with E-state index in [9.17, 15) is 24.3 Å². The van der Waals surface area contributed by atoms with Crippen molar-refractivity contribution in [2.45, 2.75) is 52.6 Å². The lowest BCUT2D eigenvalue weighted by Gasteiger charge is -2.24. The van der Waals surface area contributed by atoms with Crippen molar-refractivity contribution in [3.63, 3.8) is 0 Å². The van der Waals surface area contributed by atoms with E-state index in [0.717, 1.165) is 24.5 Å². The smallest absolute Gasteiger partial charge is 0.351 e. The van der Waals surface area contributed by atoms with Crippen LogP contribution in [0.3, 0.4) is 0 Å². The van der Waals surface area contributed by atoms with Crippen molar-refractivity contribution in [1.29, 1.82) is 0 Å². The maximum Gasteiger partial charge on any atom is 0.351 e. The number of Topliss-reactive ketones (excluding diaryl/α,β-unsaturated/α-hetero) is 1. The van der Waals surface area contributed by atoms with E-state index in [-0.39, 0.29) is 41.3 Å². The van der Waals surface area contributed by atoms with E-state index in [0.29, 0.717) is 57.4 Å². The minimum atomic E-state index is -2.71. The fraction of sp³-hybridized carbons (Fsp3) is 0.333. The molecule has 11 nitrogen and oxygen atoms in total. The molecule has 0 spiro atoms. The fourth-order valence-corrected chi connectivity index (χ4v) is 7.01. The largest absolute Gasteiger partial charge is 0.469 e. The number of hydrogen-bond acceptors (Lipinski definition) is 11. The van der Waals surface area contributed by atoms with Crippen LogP contribution in [0.15, 0.2) is 113 Å². The van der Waals surface area contributed by atoms with Crippen LogP contribution in [0.2, 0.25) is 0 Å². The summed E-state index contributed by atoms with van der Waals surface area (Å²) in [5.41, 5.74) is 3.86. The van der Waals surface area contributed by atoms with Gasteiger partial charge < -0.3 is 14.6 Å². The summed E-state index contributed by atoms with van der Waals surface area (Å²) in [4.78, 5) is 71.6. The number of esters is 2. The van der Waals surface area contributed by atoms with Crippen LogP contribution in [-0.2, 0) is 28.7 Å². The van der Waals surface area contributed by atoms with Crippen molar-refractivity contribution >= 4 is 46.9 Å². The molecule has 6 rings (SSSR count). The van der Waals surface area contributed by atoms with Crippen molar-refractivity contribution in [3.05, 3.63) is 92.7 Å². The van der Waals surface area contributed by atoms with Crippen molar-refractivity contribution in [2.24, 2.45) is 31.8 Å². The molecule has 240 valence electrons. The van der Waals surface area contributed by atoms with Gasteiger partial charge in [0.1, 0.15) is 0 Å². The molecule has 3 atom stereocenters. The van der Waals surface area contributed by atoms with Crippen LogP contribution in [0.1, 0.15) is 47.0 Å². The third-order valence-electron chi connectivity index (χ3n) is 9.64. The lowest BCUT2D eigenvalue weighted by molar-refractivity contribution is -0.161. The first-order chi connectivity index (χ1) is 22.4. The molecule has 8 bridgehead atoms. The van der Waals surface area contributed by atoms with Gasteiger partial charge in [0.25, 0.3) is 5.60 Å². The summed E-state index contributed by atoms with van der Waals surface area (Å²) in [6.45, 7) is 11.4. The van der Waals surface area contributed by atoms with Gasteiger partial charge >= 0.3 is 11.9 Å². The molecule has 1 fully saturated rings. The monoisotopic (exact) mass is 634 g/mol. The van der Waals surface area contributed by atoms with Gasteiger partial charge in [-0.1, -0.05) is 26.5 Å². The van der Waals surface area contributed by atoms with Gasteiger partial charge in [0.2, 0.25) is 5.78 Å². The lowest BCUT2D eigenvalue weighted by atomic mass is 9.82. The summed E-state index contributed by atoms with van der Waals surface area (Å²) >= 11 is 0. The molecule has 1 N–H and O–H groups in total. The Morgan fingerprint density at radius 3 is 2.30 bits per heavy atom. The van der Waals surface area contributed by atoms with E-state index < -0.39 is 29.2 Å². The number of carbonyl (C=O) groups is 4. The van der Waals surface area contributed by atoms with Gasteiger partial charge in [0, 0.05) is 35.1 Å². The van der Waals surface area contributed by atoms with Crippen LogP contribution in [-0.4, -0.2) is 71.8 Å². The van der Waals surface area contributed by atoms with Crippen LogP contribution in [0.25, 0.3) is 0 Å². The molecule has 1 aliphatic carbocycles. The van der Waals surface area contributed by atoms with Crippen LogP contribution in [0, 0.1) is 11.8 Å². The number of carbonyl (C=O) groups excluding carboxylic acids is 4. The molecule has 0 aromatic carbocycles. The zero-order valence-corrected chi connectivity index (χ0v) is 27.1. The van der Waals surface area contributed by atoms with Crippen LogP contribution in [0.5, 0.6) is 0 Å². The van der Waals surface area contributed by atoms with Crippen molar-refractivity contribution in [2.75, 3.05) is 14.2 Å². The van der Waals surface area contributed by atoms with E-state index in [1.807, 2.05) is 26.8 Å². The molecule has 0 amide bonds. The highest BCUT2D eigenvalue weighted by atomic mass is 16.5. The molecule has 6 aliphatic rings. The molecule has 0 aromatic rings. The molecule has 11 heteroatoms. The highest BCUT2D eigenvalue weighted by Crippen LogP contribution is 2.49. The van der Waals surface area contributed by atoms with Gasteiger partial charge in [-0.3, -0.25) is 19.4 Å². The fourth-order valence-electron chi connectivity index (χ4n) is 7.01. The maximum atomic E-state index is 14.1. The summed E-state index contributed by atoms with van der Waals surface area (Å²) in [5.74, 6) is -3.31.